The van der Waals surface area contributed by atoms with Crippen molar-refractivity contribution < 1.29 is 23.9 Å². The molecular weight excluding hydrogens is 469 g/mol. The Bertz CT molecular complexity index is 1050. The van der Waals surface area contributed by atoms with Gasteiger partial charge < -0.3 is 25.0 Å². The maximum atomic E-state index is 12.8. The quantitative estimate of drug-likeness (QED) is 0.588. The first-order chi connectivity index (χ1) is 15.8. The summed E-state index contributed by atoms with van der Waals surface area (Å²) in [6.07, 6.45) is 1.64. The minimum absolute atomic E-state index is 0.151. The predicted molar refractivity (Wildman–Crippen MR) is 125 cm³/mol. The standard InChI is InChI=1S/C23H25Cl2N3O5/c1-32-15-6-8-17(20(11-15)33-2)19-4-3-9-28(19)22(30)13-26-21(29)12-27-23(31)16-7-5-14(24)10-18(16)25/h5-8,10-11,19H,3-4,9,12-13H2,1-2H3,(H,26,29)(H,27,31). The van der Waals surface area contributed by atoms with E-state index < -0.39 is 11.8 Å². The molecule has 2 N–H and O–H groups in total. The Balaban J connectivity index is 1.54. The van der Waals surface area contributed by atoms with Gasteiger partial charge in [-0.15, -0.1) is 0 Å². The molecule has 3 amide bonds. The third kappa shape index (κ3) is 6.09. The molecule has 1 aliphatic heterocycles. The third-order valence-electron chi connectivity index (χ3n) is 5.39. The number of ether oxygens (including phenoxy) is 2. The smallest absolute Gasteiger partial charge is 0.253 e. The number of carbonyl (C=O) groups is 3. The van der Waals surface area contributed by atoms with Gasteiger partial charge in [-0.1, -0.05) is 23.2 Å². The molecule has 0 aromatic heterocycles. The van der Waals surface area contributed by atoms with Crippen LogP contribution in [0.2, 0.25) is 10.0 Å². The minimum Gasteiger partial charge on any atom is -0.497 e. The van der Waals surface area contributed by atoms with Gasteiger partial charge in [0.25, 0.3) is 5.91 Å². The summed E-state index contributed by atoms with van der Waals surface area (Å²) < 4.78 is 10.7. The lowest BCUT2D eigenvalue weighted by Crippen LogP contribution is -2.43. The molecular formula is C23H25Cl2N3O5. The molecule has 0 saturated carbocycles. The van der Waals surface area contributed by atoms with E-state index in [1.807, 2.05) is 12.1 Å². The summed E-state index contributed by atoms with van der Waals surface area (Å²) in [5.41, 5.74) is 1.10. The van der Waals surface area contributed by atoms with Crippen LogP contribution in [-0.4, -0.2) is 56.5 Å². The van der Waals surface area contributed by atoms with E-state index in [9.17, 15) is 14.4 Å². The Morgan fingerprint density at radius 1 is 1.03 bits per heavy atom. The number of amides is 3. The summed E-state index contributed by atoms with van der Waals surface area (Å²) in [5, 5.41) is 5.63. The van der Waals surface area contributed by atoms with Crippen molar-refractivity contribution in [1.29, 1.82) is 0 Å². The normalized spacial score (nSPS) is 15.2. The van der Waals surface area contributed by atoms with Crippen molar-refractivity contribution in [2.45, 2.75) is 18.9 Å². The second kappa shape index (κ2) is 11.2. The monoisotopic (exact) mass is 493 g/mol. The number of hydrogen-bond acceptors (Lipinski definition) is 5. The highest BCUT2D eigenvalue weighted by molar-refractivity contribution is 6.36. The van der Waals surface area contributed by atoms with Gasteiger partial charge in [-0.2, -0.15) is 0 Å². The van der Waals surface area contributed by atoms with Gasteiger partial charge in [-0.25, -0.2) is 0 Å². The number of likely N-dealkylation sites (tertiary alicyclic amines) is 1. The zero-order valence-corrected chi connectivity index (χ0v) is 19.8. The minimum atomic E-state index is -0.510. The van der Waals surface area contributed by atoms with Crippen molar-refractivity contribution >= 4 is 40.9 Å². The fourth-order valence-corrected chi connectivity index (χ4v) is 4.24. The molecule has 1 atom stereocenters. The summed E-state index contributed by atoms with van der Waals surface area (Å²) in [4.78, 5) is 38.9. The van der Waals surface area contributed by atoms with Crippen LogP contribution in [0.4, 0.5) is 0 Å². The largest absolute Gasteiger partial charge is 0.497 e. The first-order valence-corrected chi connectivity index (χ1v) is 11.1. The van der Waals surface area contributed by atoms with E-state index in [1.54, 1.807) is 25.2 Å². The van der Waals surface area contributed by atoms with Gasteiger partial charge >= 0.3 is 0 Å². The molecule has 1 unspecified atom stereocenters. The van der Waals surface area contributed by atoms with Gasteiger partial charge in [-0.3, -0.25) is 14.4 Å². The fraction of sp³-hybridized carbons (Fsp3) is 0.348. The molecule has 33 heavy (non-hydrogen) atoms. The SMILES string of the molecule is COc1ccc(C2CCCN2C(=O)CNC(=O)CNC(=O)c2ccc(Cl)cc2Cl)c(OC)c1. The number of halogens is 2. The lowest BCUT2D eigenvalue weighted by Gasteiger charge is -2.26. The van der Waals surface area contributed by atoms with Crippen LogP contribution < -0.4 is 20.1 Å². The van der Waals surface area contributed by atoms with Crippen LogP contribution in [0.1, 0.15) is 34.8 Å². The van der Waals surface area contributed by atoms with E-state index in [-0.39, 0.29) is 35.6 Å². The van der Waals surface area contributed by atoms with Gasteiger partial charge in [0.2, 0.25) is 11.8 Å². The lowest BCUT2D eigenvalue weighted by atomic mass is 10.0. The summed E-state index contributed by atoms with van der Waals surface area (Å²) in [6, 6.07) is 9.81. The number of carbonyl (C=O) groups excluding carboxylic acids is 3. The van der Waals surface area contributed by atoms with Crippen LogP contribution in [-0.2, 0) is 9.59 Å². The van der Waals surface area contributed by atoms with Crippen LogP contribution >= 0.6 is 23.2 Å². The first kappa shape index (κ1) is 24.7. The lowest BCUT2D eigenvalue weighted by molar-refractivity contribution is -0.133. The first-order valence-electron chi connectivity index (χ1n) is 10.4. The molecule has 2 aromatic rings. The fourth-order valence-electron chi connectivity index (χ4n) is 3.75. The summed E-state index contributed by atoms with van der Waals surface area (Å²) in [7, 11) is 3.15. The number of rotatable bonds is 8. The van der Waals surface area contributed by atoms with Gasteiger partial charge in [-0.05, 0) is 43.2 Å². The maximum Gasteiger partial charge on any atom is 0.253 e. The highest BCUT2D eigenvalue weighted by Gasteiger charge is 2.32. The average Bonchev–Trinajstić information content (AvgIpc) is 3.30. The zero-order valence-electron chi connectivity index (χ0n) is 18.3. The van der Waals surface area contributed by atoms with Crippen molar-refractivity contribution in [2.24, 2.45) is 0 Å². The second-order valence-corrected chi connectivity index (χ2v) is 8.28. The van der Waals surface area contributed by atoms with Crippen LogP contribution in [0.15, 0.2) is 36.4 Å². The Labute approximate surface area is 202 Å². The van der Waals surface area contributed by atoms with E-state index in [0.717, 1.165) is 18.4 Å². The molecule has 1 saturated heterocycles. The summed E-state index contributed by atoms with van der Waals surface area (Å²) in [6.45, 7) is 0.118. The van der Waals surface area contributed by atoms with Gasteiger partial charge in [0.1, 0.15) is 11.5 Å². The van der Waals surface area contributed by atoms with Crippen molar-refractivity contribution in [3.8, 4) is 11.5 Å². The van der Waals surface area contributed by atoms with E-state index in [1.165, 1.54) is 18.2 Å². The molecule has 176 valence electrons. The molecule has 10 heteroatoms. The number of nitrogens with one attached hydrogen (secondary N) is 2. The van der Waals surface area contributed by atoms with Crippen molar-refractivity contribution in [1.82, 2.24) is 15.5 Å². The molecule has 3 rings (SSSR count). The highest BCUT2D eigenvalue weighted by atomic mass is 35.5. The molecule has 2 aromatic carbocycles. The number of nitrogens with zero attached hydrogens (tertiary/aromatic N) is 1. The Hall–Kier alpha value is -2.97. The number of hydrogen-bond donors (Lipinski definition) is 2. The van der Waals surface area contributed by atoms with Crippen molar-refractivity contribution in [3.05, 3.63) is 57.6 Å². The third-order valence-corrected chi connectivity index (χ3v) is 5.94. The van der Waals surface area contributed by atoms with E-state index >= 15 is 0 Å². The Kier molecular flexibility index (Phi) is 8.41. The van der Waals surface area contributed by atoms with E-state index in [0.29, 0.717) is 23.1 Å². The number of methoxy groups -OCH3 is 2. The van der Waals surface area contributed by atoms with E-state index in [2.05, 4.69) is 10.6 Å². The zero-order chi connectivity index (χ0) is 24.0. The van der Waals surface area contributed by atoms with E-state index in [4.69, 9.17) is 32.7 Å². The van der Waals surface area contributed by atoms with Crippen molar-refractivity contribution in [3.63, 3.8) is 0 Å². The Morgan fingerprint density at radius 3 is 2.52 bits per heavy atom. The molecule has 0 bridgehead atoms. The van der Waals surface area contributed by atoms with Gasteiger partial charge in [0.05, 0.1) is 43.9 Å². The summed E-state index contributed by atoms with van der Waals surface area (Å²) >= 11 is 11.8. The molecule has 8 nitrogen and oxygen atoms in total. The van der Waals surface area contributed by atoms with Crippen molar-refractivity contribution in [2.75, 3.05) is 33.9 Å². The Morgan fingerprint density at radius 2 is 1.82 bits per heavy atom. The van der Waals surface area contributed by atoms with Gasteiger partial charge in [0.15, 0.2) is 0 Å². The molecule has 1 fully saturated rings. The topological polar surface area (TPSA) is 97.0 Å². The molecule has 0 radical (unpaired) electrons. The van der Waals surface area contributed by atoms with Crippen LogP contribution in [0.25, 0.3) is 0 Å². The summed E-state index contributed by atoms with van der Waals surface area (Å²) in [5.74, 6) is 0.104. The second-order valence-electron chi connectivity index (χ2n) is 7.44. The molecule has 0 aliphatic carbocycles. The van der Waals surface area contributed by atoms with Crippen LogP contribution in [0.5, 0.6) is 11.5 Å². The molecule has 1 aliphatic rings. The van der Waals surface area contributed by atoms with Gasteiger partial charge in [0, 0.05) is 23.2 Å². The molecule has 1 heterocycles. The number of benzene rings is 2. The van der Waals surface area contributed by atoms with Crippen LogP contribution in [0, 0.1) is 0 Å². The molecule has 0 spiro atoms. The maximum absolute atomic E-state index is 12.8. The predicted octanol–water partition coefficient (Wildman–Crippen LogP) is 3.22. The highest BCUT2D eigenvalue weighted by Crippen LogP contribution is 2.38. The van der Waals surface area contributed by atoms with Crippen LogP contribution in [0.3, 0.4) is 0 Å². The average molecular weight is 494 g/mol.